The molecule has 0 spiro atoms. The average molecular weight is 364 g/mol. The minimum absolute atomic E-state index is 0.0367. The number of nitrogens with zero attached hydrogens (tertiary/aromatic N) is 3. The summed E-state index contributed by atoms with van der Waals surface area (Å²) >= 11 is 5.88. The predicted molar refractivity (Wildman–Crippen MR) is 102 cm³/mol. The van der Waals surface area contributed by atoms with Gasteiger partial charge in [-0.3, -0.25) is 4.68 Å². The summed E-state index contributed by atoms with van der Waals surface area (Å²) in [6, 6.07) is 7.35. The van der Waals surface area contributed by atoms with E-state index < -0.39 is 0 Å². The van der Waals surface area contributed by atoms with E-state index in [0.29, 0.717) is 11.6 Å². The Morgan fingerprint density at radius 1 is 1.32 bits per heavy atom. The van der Waals surface area contributed by atoms with Crippen LogP contribution in [0.3, 0.4) is 0 Å². The van der Waals surface area contributed by atoms with Crippen molar-refractivity contribution in [3.05, 3.63) is 47.2 Å². The van der Waals surface area contributed by atoms with Gasteiger partial charge in [-0.25, -0.2) is 4.99 Å². The number of aliphatic imine (C=N–C) groups is 1. The van der Waals surface area contributed by atoms with Crippen molar-refractivity contribution in [1.29, 1.82) is 0 Å². The second kappa shape index (κ2) is 9.93. The van der Waals surface area contributed by atoms with Crippen LogP contribution >= 0.6 is 11.6 Å². The monoisotopic (exact) mass is 363 g/mol. The van der Waals surface area contributed by atoms with E-state index in [-0.39, 0.29) is 6.10 Å². The molecule has 2 rings (SSSR count). The molecule has 25 heavy (non-hydrogen) atoms. The molecule has 1 aromatic carbocycles. The molecule has 0 radical (unpaired) electrons. The fourth-order valence-corrected chi connectivity index (χ4v) is 2.35. The molecule has 0 bridgehead atoms. The standard InChI is InChI=1S/C18H26ClN5O/c1-4-20-18(21-9-10-24-13-14(2)11-23-24)22-12-15(3)25-17-7-5-16(19)6-8-17/h5-8,11,13,15H,4,9-10,12H2,1-3H3,(H2,20,21,22). The zero-order valence-electron chi connectivity index (χ0n) is 15.0. The summed E-state index contributed by atoms with van der Waals surface area (Å²) in [5.74, 6) is 1.57. The topological polar surface area (TPSA) is 63.5 Å². The van der Waals surface area contributed by atoms with Crippen molar-refractivity contribution in [2.45, 2.75) is 33.4 Å². The van der Waals surface area contributed by atoms with Gasteiger partial charge in [0.2, 0.25) is 0 Å². The minimum atomic E-state index is -0.0367. The summed E-state index contributed by atoms with van der Waals surface area (Å²) < 4.78 is 7.75. The number of benzene rings is 1. The van der Waals surface area contributed by atoms with Gasteiger partial charge >= 0.3 is 0 Å². The van der Waals surface area contributed by atoms with Crippen LogP contribution in [0.4, 0.5) is 0 Å². The van der Waals surface area contributed by atoms with Crippen molar-refractivity contribution >= 4 is 17.6 Å². The van der Waals surface area contributed by atoms with Crippen LogP contribution in [0.2, 0.25) is 5.02 Å². The van der Waals surface area contributed by atoms with Crippen molar-refractivity contribution < 1.29 is 4.74 Å². The highest BCUT2D eigenvalue weighted by atomic mass is 35.5. The summed E-state index contributed by atoms with van der Waals surface area (Å²) in [5, 5.41) is 11.5. The number of hydrogen-bond acceptors (Lipinski definition) is 3. The molecule has 0 aliphatic heterocycles. The van der Waals surface area contributed by atoms with E-state index in [2.05, 4.69) is 20.7 Å². The lowest BCUT2D eigenvalue weighted by Crippen LogP contribution is -2.39. The first-order chi connectivity index (χ1) is 12.1. The van der Waals surface area contributed by atoms with Gasteiger partial charge in [-0.1, -0.05) is 11.6 Å². The molecule has 1 atom stereocenters. The van der Waals surface area contributed by atoms with Gasteiger partial charge < -0.3 is 15.4 Å². The molecule has 136 valence electrons. The maximum atomic E-state index is 5.88. The maximum absolute atomic E-state index is 5.88. The molecule has 2 aromatic rings. The van der Waals surface area contributed by atoms with Crippen LogP contribution in [0.15, 0.2) is 41.7 Å². The Hall–Kier alpha value is -2.21. The van der Waals surface area contributed by atoms with E-state index in [1.165, 1.54) is 0 Å². The van der Waals surface area contributed by atoms with E-state index in [9.17, 15) is 0 Å². The first-order valence-corrected chi connectivity index (χ1v) is 8.88. The number of rotatable bonds is 8. The lowest BCUT2D eigenvalue weighted by Gasteiger charge is -2.15. The highest BCUT2D eigenvalue weighted by Gasteiger charge is 2.05. The van der Waals surface area contributed by atoms with Crippen LogP contribution < -0.4 is 15.4 Å². The largest absolute Gasteiger partial charge is 0.489 e. The Labute approximate surface area is 154 Å². The van der Waals surface area contributed by atoms with Crippen LogP contribution in [0.25, 0.3) is 0 Å². The quantitative estimate of drug-likeness (QED) is 0.559. The molecule has 7 heteroatoms. The molecule has 6 nitrogen and oxygen atoms in total. The Balaban J connectivity index is 1.79. The van der Waals surface area contributed by atoms with Crippen LogP contribution in [-0.2, 0) is 6.54 Å². The van der Waals surface area contributed by atoms with Crippen molar-refractivity contribution in [1.82, 2.24) is 20.4 Å². The predicted octanol–water partition coefficient (Wildman–Crippen LogP) is 2.87. The average Bonchev–Trinajstić information content (AvgIpc) is 3.00. The van der Waals surface area contributed by atoms with Gasteiger partial charge in [0.1, 0.15) is 11.9 Å². The first-order valence-electron chi connectivity index (χ1n) is 8.50. The fourth-order valence-electron chi connectivity index (χ4n) is 2.22. The van der Waals surface area contributed by atoms with Crippen LogP contribution in [0.1, 0.15) is 19.4 Å². The third-order valence-corrected chi connectivity index (χ3v) is 3.65. The van der Waals surface area contributed by atoms with E-state index >= 15 is 0 Å². The molecule has 0 saturated heterocycles. The Bertz CT molecular complexity index is 668. The molecule has 1 aromatic heterocycles. The second-order valence-corrected chi connectivity index (χ2v) is 6.25. The molecule has 0 aliphatic carbocycles. The number of hydrogen-bond donors (Lipinski definition) is 2. The van der Waals surface area contributed by atoms with Crippen molar-refractivity contribution in [3.63, 3.8) is 0 Å². The van der Waals surface area contributed by atoms with Crippen molar-refractivity contribution in [2.75, 3.05) is 19.6 Å². The van der Waals surface area contributed by atoms with E-state index in [1.54, 1.807) is 0 Å². The van der Waals surface area contributed by atoms with Crippen LogP contribution in [-0.4, -0.2) is 41.5 Å². The fraction of sp³-hybridized carbons (Fsp3) is 0.444. The smallest absolute Gasteiger partial charge is 0.191 e. The molecule has 0 aliphatic rings. The number of aryl methyl sites for hydroxylation is 1. The molecule has 1 unspecified atom stereocenters. The highest BCUT2D eigenvalue weighted by molar-refractivity contribution is 6.30. The molecule has 2 N–H and O–H groups in total. The highest BCUT2D eigenvalue weighted by Crippen LogP contribution is 2.16. The van der Waals surface area contributed by atoms with Gasteiger partial charge in [0.05, 0.1) is 19.3 Å². The summed E-state index contributed by atoms with van der Waals surface area (Å²) in [7, 11) is 0. The summed E-state index contributed by atoms with van der Waals surface area (Å²) in [4.78, 5) is 4.58. The van der Waals surface area contributed by atoms with Crippen molar-refractivity contribution in [3.8, 4) is 5.75 Å². The van der Waals surface area contributed by atoms with Gasteiger partial charge in [0, 0.05) is 24.3 Å². The zero-order chi connectivity index (χ0) is 18.1. The molecule has 1 heterocycles. The third kappa shape index (κ3) is 7.05. The molecular formula is C18H26ClN5O. The van der Waals surface area contributed by atoms with E-state index in [0.717, 1.165) is 36.9 Å². The lowest BCUT2D eigenvalue weighted by atomic mass is 10.3. The number of guanidine groups is 1. The summed E-state index contributed by atoms with van der Waals surface area (Å²) in [6.45, 7) is 8.97. The SMILES string of the molecule is CCNC(=NCC(C)Oc1ccc(Cl)cc1)NCCn1cc(C)cn1. The van der Waals surface area contributed by atoms with Gasteiger partial charge in [-0.15, -0.1) is 0 Å². The Morgan fingerprint density at radius 2 is 2.08 bits per heavy atom. The molecule has 0 fully saturated rings. The van der Waals surface area contributed by atoms with Gasteiger partial charge in [0.15, 0.2) is 5.96 Å². The third-order valence-electron chi connectivity index (χ3n) is 3.40. The number of nitrogens with one attached hydrogen (secondary N) is 2. The maximum Gasteiger partial charge on any atom is 0.191 e. The Kier molecular flexibility index (Phi) is 7.60. The van der Waals surface area contributed by atoms with Gasteiger partial charge in [0.25, 0.3) is 0 Å². The summed E-state index contributed by atoms with van der Waals surface area (Å²) in [5.41, 5.74) is 1.16. The molecular weight excluding hydrogens is 338 g/mol. The number of halogens is 1. The normalized spacial score (nSPS) is 12.7. The van der Waals surface area contributed by atoms with Crippen molar-refractivity contribution in [2.24, 2.45) is 4.99 Å². The van der Waals surface area contributed by atoms with Gasteiger partial charge in [-0.05, 0) is 50.6 Å². The Morgan fingerprint density at radius 3 is 2.72 bits per heavy atom. The minimum Gasteiger partial charge on any atom is -0.489 e. The van der Waals surface area contributed by atoms with Crippen LogP contribution in [0.5, 0.6) is 5.75 Å². The zero-order valence-corrected chi connectivity index (χ0v) is 15.8. The van der Waals surface area contributed by atoms with Gasteiger partial charge in [-0.2, -0.15) is 5.10 Å². The lowest BCUT2D eigenvalue weighted by molar-refractivity contribution is 0.230. The molecule has 0 saturated carbocycles. The number of ether oxygens (including phenoxy) is 1. The van der Waals surface area contributed by atoms with E-state index in [1.807, 2.05) is 62.1 Å². The van der Waals surface area contributed by atoms with Crippen LogP contribution in [0, 0.1) is 6.92 Å². The first kappa shape index (κ1) is 19.1. The second-order valence-electron chi connectivity index (χ2n) is 5.81. The van der Waals surface area contributed by atoms with E-state index in [4.69, 9.17) is 16.3 Å². The molecule has 0 amide bonds. The number of aromatic nitrogens is 2. The summed E-state index contributed by atoms with van der Waals surface area (Å²) in [6.07, 6.45) is 3.84.